The van der Waals surface area contributed by atoms with Gasteiger partial charge in [-0.05, 0) is 48.0 Å². The van der Waals surface area contributed by atoms with Gasteiger partial charge in [0.25, 0.3) is 11.6 Å². The smallest absolute Gasteiger partial charge is 0.294 e. The molecule has 0 spiro atoms. The van der Waals surface area contributed by atoms with E-state index in [1.807, 2.05) is 24.3 Å². The average molecular weight is 420 g/mol. The summed E-state index contributed by atoms with van der Waals surface area (Å²) in [7, 11) is 0. The molecule has 0 atom stereocenters. The van der Waals surface area contributed by atoms with Crippen LogP contribution in [0.25, 0.3) is 6.08 Å². The molecule has 3 rings (SSSR count). The summed E-state index contributed by atoms with van der Waals surface area (Å²) in [6.07, 6.45) is 1.37. The fourth-order valence-electron chi connectivity index (χ4n) is 2.56. The normalized spacial score (nSPS) is 10.7. The number of amides is 1. The Morgan fingerprint density at radius 2 is 1.80 bits per heavy atom. The van der Waals surface area contributed by atoms with E-state index < -0.39 is 10.8 Å². The molecule has 8 heteroatoms. The van der Waals surface area contributed by atoms with E-state index in [0.717, 1.165) is 6.07 Å². The first kappa shape index (κ1) is 20.6. The first-order valence-corrected chi connectivity index (χ1v) is 9.04. The maximum Gasteiger partial charge on any atom is 0.294 e. The summed E-state index contributed by atoms with van der Waals surface area (Å²) in [6.45, 7) is 0. The lowest BCUT2D eigenvalue weighted by Crippen LogP contribution is -2.14. The third kappa shape index (κ3) is 5.22. The lowest BCUT2D eigenvalue weighted by molar-refractivity contribution is -0.383. The van der Waals surface area contributed by atoms with Crippen LogP contribution in [0.4, 0.5) is 11.4 Å². The molecule has 30 heavy (non-hydrogen) atoms. The van der Waals surface area contributed by atoms with Crippen LogP contribution >= 0.6 is 11.6 Å². The number of rotatable bonds is 6. The lowest BCUT2D eigenvalue weighted by atomic mass is 10.1. The van der Waals surface area contributed by atoms with Crippen molar-refractivity contribution in [2.75, 3.05) is 5.32 Å². The average Bonchev–Trinajstić information content (AvgIpc) is 2.74. The van der Waals surface area contributed by atoms with Gasteiger partial charge in [-0.3, -0.25) is 14.9 Å². The quantitative estimate of drug-likeness (QED) is 0.243. The molecule has 7 nitrogen and oxygen atoms in total. The molecule has 0 bridgehead atoms. The highest BCUT2D eigenvalue weighted by atomic mass is 35.5. The molecule has 0 aromatic heterocycles. The summed E-state index contributed by atoms with van der Waals surface area (Å²) in [6, 6.07) is 21.6. The Kier molecular flexibility index (Phi) is 6.42. The van der Waals surface area contributed by atoms with Gasteiger partial charge in [0, 0.05) is 11.1 Å². The number of nitrogens with one attached hydrogen (secondary N) is 1. The van der Waals surface area contributed by atoms with Crippen molar-refractivity contribution >= 4 is 35.0 Å². The number of hydrogen-bond donors (Lipinski definition) is 1. The Morgan fingerprint density at radius 1 is 1.07 bits per heavy atom. The summed E-state index contributed by atoms with van der Waals surface area (Å²) in [5.41, 5.74) is -0.0973. The summed E-state index contributed by atoms with van der Waals surface area (Å²) in [4.78, 5) is 23.0. The molecular formula is C22H14ClN3O4. The number of nitro groups is 1. The van der Waals surface area contributed by atoms with Crippen LogP contribution in [0.2, 0.25) is 5.02 Å². The van der Waals surface area contributed by atoms with Crippen molar-refractivity contribution in [3.63, 3.8) is 0 Å². The van der Waals surface area contributed by atoms with E-state index in [4.69, 9.17) is 16.3 Å². The highest BCUT2D eigenvalue weighted by Gasteiger charge is 2.18. The maximum absolute atomic E-state index is 12.5. The summed E-state index contributed by atoms with van der Waals surface area (Å²) in [5.74, 6) is 0.394. The van der Waals surface area contributed by atoms with E-state index in [2.05, 4.69) is 5.32 Å². The number of nitriles is 1. The van der Waals surface area contributed by atoms with Gasteiger partial charge in [-0.1, -0.05) is 41.9 Å². The molecule has 0 saturated heterocycles. The van der Waals surface area contributed by atoms with Crippen molar-refractivity contribution in [1.29, 1.82) is 5.26 Å². The zero-order valence-electron chi connectivity index (χ0n) is 15.4. The van der Waals surface area contributed by atoms with E-state index in [9.17, 15) is 20.2 Å². The SMILES string of the molecule is N#CC(=Cc1cccc(Oc2ccccc2)c1)C(=O)Nc1ccc(Cl)cc1[N+](=O)[O-]. The number of nitro benzene ring substituents is 1. The van der Waals surface area contributed by atoms with Crippen LogP contribution in [0.3, 0.4) is 0 Å². The van der Waals surface area contributed by atoms with Gasteiger partial charge in [-0.25, -0.2) is 0 Å². The van der Waals surface area contributed by atoms with Crippen molar-refractivity contribution in [2.24, 2.45) is 0 Å². The van der Waals surface area contributed by atoms with Crippen molar-refractivity contribution in [3.05, 3.63) is 99.1 Å². The third-order valence-electron chi connectivity index (χ3n) is 3.92. The van der Waals surface area contributed by atoms with Gasteiger partial charge in [0.15, 0.2) is 0 Å². The van der Waals surface area contributed by atoms with E-state index in [1.165, 1.54) is 18.2 Å². The highest BCUT2D eigenvalue weighted by Crippen LogP contribution is 2.28. The molecule has 0 aliphatic carbocycles. The van der Waals surface area contributed by atoms with Gasteiger partial charge in [-0.2, -0.15) is 5.26 Å². The van der Waals surface area contributed by atoms with E-state index >= 15 is 0 Å². The number of carbonyl (C=O) groups excluding carboxylic acids is 1. The van der Waals surface area contributed by atoms with Crippen molar-refractivity contribution in [1.82, 2.24) is 0 Å². The number of carbonyl (C=O) groups is 1. The molecule has 0 radical (unpaired) electrons. The standard InChI is InChI=1S/C22H14ClN3O4/c23-17-9-10-20(21(13-17)26(28)29)25-22(27)16(14-24)11-15-5-4-8-19(12-15)30-18-6-2-1-3-7-18/h1-13H,(H,25,27). The van der Waals surface area contributed by atoms with E-state index in [0.29, 0.717) is 17.1 Å². The van der Waals surface area contributed by atoms with Crippen LogP contribution in [0.1, 0.15) is 5.56 Å². The molecule has 0 heterocycles. The van der Waals surface area contributed by atoms with Crippen LogP contribution in [0, 0.1) is 21.4 Å². The number of nitrogens with zero attached hydrogens (tertiary/aromatic N) is 2. The Bertz CT molecular complexity index is 1170. The van der Waals surface area contributed by atoms with Gasteiger partial charge in [0.1, 0.15) is 28.8 Å². The number of hydrogen-bond acceptors (Lipinski definition) is 5. The molecule has 0 aliphatic heterocycles. The van der Waals surface area contributed by atoms with Gasteiger partial charge < -0.3 is 10.1 Å². The first-order valence-electron chi connectivity index (χ1n) is 8.66. The molecular weight excluding hydrogens is 406 g/mol. The topological polar surface area (TPSA) is 105 Å². The number of benzene rings is 3. The molecule has 0 unspecified atom stereocenters. The third-order valence-corrected chi connectivity index (χ3v) is 4.15. The largest absolute Gasteiger partial charge is 0.457 e. The molecule has 1 amide bonds. The number of halogens is 1. The zero-order chi connectivity index (χ0) is 21.5. The fraction of sp³-hybridized carbons (Fsp3) is 0. The van der Waals surface area contributed by atoms with Gasteiger partial charge in [-0.15, -0.1) is 0 Å². The Hall–Kier alpha value is -4.15. The molecule has 0 fully saturated rings. The summed E-state index contributed by atoms with van der Waals surface area (Å²) < 4.78 is 5.74. The predicted octanol–water partition coefficient (Wildman–Crippen LogP) is 5.59. The molecule has 0 aliphatic rings. The van der Waals surface area contributed by atoms with Crippen molar-refractivity contribution in [2.45, 2.75) is 0 Å². The Balaban J connectivity index is 1.82. The molecule has 3 aromatic rings. The molecule has 1 N–H and O–H groups in total. The van der Waals surface area contributed by atoms with Crippen molar-refractivity contribution < 1.29 is 14.5 Å². The van der Waals surface area contributed by atoms with E-state index in [1.54, 1.807) is 36.4 Å². The zero-order valence-corrected chi connectivity index (χ0v) is 16.2. The van der Waals surface area contributed by atoms with Gasteiger partial charge in [0.2, 0.25) is 0 Å². The predicted molar refractivity (Wildman–Crippen MR) is 113 cm³/mol. The first-order chi connectivity index (χ1) is 14.5. The maximum atomic E-state index is 12.5. The lowest BCUT2D eigenvalue weighted by Gasteiger charge is -2.07. The second-order valence-electron chi connectivity index (χ2n) is 6.03. The van der Waals surface area contributed by atoms with Crippen LogP contribution in [-0.2, 0) is 4.79 Å². The summed E-state index contributed by atoms with van der Waals surface area (Å²) >= 11 is 5.77. The number of para-hydroxylation sites is 1. The number of anilines is 1. The van der Waals surface area contributed by atoms with Crippen LogP contribution in [-0.4, -0.2) is 10.8 Å². The van der Waals surface area contributed by atoms with E-state index in [-0.39, 0.29) is 22.0 Å². The monoisotopic (exact) mass is 419 g/mol. The molecule has 148 valence electrons. The minimum atomic E-state index is -0.780. The fourth-order valence-corrected chi connectivity index (χ4v) is 2.73. The minimum absolute atomic E-state index is 0.0586. The van der Waals surface area contributed by atoms with Crippen molar-refractivity contribution in [3.8, 4) is 17.6 Å². The Labute approximate surface area is 176 Å². The van der Waals surface area contributed by atoms with Gasteiger partial charge in [0.05, 0.1) is 4.92 Å². The molecule has 0 saturated carbocycles. The van der Waals surface area contributed by atoms with Crippen LogP contribution in [0.5, 0.6) is 11.5 Å². The van der Waals surface area contributed by atoms with Gasteiger partial charge >= 0.3 is 0 Å². The van der Waals surface area contributed by atoms with Crippen LogP contribution < -0.4 is 10.1 Å². The minimum Gasteiger partial charge on any atom is -0.457 e. The van der Waals surface area contributed by atoms with Crippen LogP contribution in [0.15, 0.2) is 78.4 Å². The second-order valence-corrected chi connectivity index (χ2v) is 6.47. The number of ether oxygens (including phenoxy) is 1. The summed E-state index contributed by atoms with van der Waals surface area (Å²) in [5, 5.41) is 23.1. The second kappa shape index (κ2) is 9.37. The Morgan fingerprint density at radius 3 is 2.50 bits per heavy atom. The highest BCUT2D eigenvalue weighted by molar-refractivity contribution is 6.31. The molecule has 3 aromatic carbocycles.